The summed E-state index contributed by atoms with van der Waals surface area (Å²) in [5, 5.41) is 18.5. The van der Waals surface area contributed by atoms with Crippen molar-refractivity contribution in [3.05, 3.63) is 59.2 Å². The lowest BCUT2D eigenvalue weighted by Gasteiger charge is -2.09. The van der Waals surface area contributed by atoms with Gasteiger partial charge in [0.05, 0.1) is 11.1 Å². The van der Waals surface area contributed by atoms with Crippen LogP contribution in [0.2, 0.25) is 0 Å². The second-order valence-corrected chi connectivity index (χ2v) is 5.12. The molecule has 0 spiro atoms. The Hall–Kier alpha value is -2.75. The van der Waals surface area contributed by atoms with Crippen LogP contribution in [-0.2, 0) is 0 Å². The Kier molecular flexibility index (Phi) is 3.14. The third-order valence-corrected chi connectivity index (χ3v) is 3.45. The van der Waals surface area contributed by atoms with Crippen LogP contribution in [0.4, 0.5) is 0 Å². The molecule has 1 aromatic heterocycles. The minimum Gasteiger partial charge on any atom is -0.478 e. The van der Waals surface area contributed by atoms with E-state index < -0.39 is 5.97 Å². The topological polar surface area (TPSA) is 63.1 Å². The highest BCUT2D eigenvalue weighted by Gasteiger charge is 2.18. The van der Waals surface area contributed by atoms with Crippen molar-refractivity contribution in [2.75, 3.05) is 0 Å². The van der Waals surface area contributed by atoms with Crippen molar-refractivity contribution in [3.63, 3.8) is 0 Å². The summed E-state index contributed by atoms with van der Waals surface area (Å²) in [6, 6.07) is 13.1. The lowest BCUT2D eigenvalue weighted by Crippen LogP contribution is -2.05. The fraction of sp³-hybridized carbons (Fsp3) is 0.118. The zero-order chi connectivity index (χ0) is 15.0. The van der Waals surface area contributed by atoms with E-state index in [1.165, 1.54) is 0 Å². The normalized spacial score (nSPS) is 10.8. The van der Waals surface area contributed by atoms with Gasteiger partial charge in [-0.3, -0.25) is 0 Å². The van der Waals surface area contributed by atoms with Crippen molar-refractivity contribution in [2.24, 2.45) is 0 Å². The smallest absolute Gasteiger partial charge is 0.338 e. The summed E-state index contributed by atoms with van der Waals surface area (Å²) in [4.78, 5) is 11.7. The second kappa shape index (κ2) is 4.98. The SMILES string of the molecule is Cc1ccc(-c2nnc3ccc(C)cc3c2C(=O)O)cc1. The van der Waals surface area contributed by atoms with Crippen molar-refractivity contribution in [3.8, 4) is 11.3 Å². The van der Waals surface area contributed by atoms with E-state index in [1.54, 1.807) is 6.07 Å². The lowest BCUT2D eigenvalue weighted by atomic mass is 10.0. The van der Waals surface area contributed by atoms with Gasteiger partial charge in [-0.25, -0.2) is 4.79 Å². The first-order valence-corrected chi connectivity index (χ1v) is 6.63. The summed E-state index contributed by atoms with van der Waals surface area (Å²) in [5.41, 5.74) is 4.06. The first-order chi connectivity index (χ1) is 10.1. The monoisotopic (exact) mass is 278 g/mol. The number of carbonyl (C=O) groups is 1. The molecular formula is C17H14N2O2. The molecule has 4 nitrogen and oxygen atoms in total. The summed E-state index contributed by atoms with van der Waals surface area (Å²) >= 11 is 0. The molecule has 0 amide bonds. The van der Waals surface area contributed by atoms with Crippen LogP contribution in [0.15, 0.2) is 42.5 Å². The molecule has 1 N–H and O–H groups in total. The molecule has 0 fully saturated rings. The number of aromatic nitrogens is 2. The Morgan fingerprint density at radius 1 is 0.952 bits per heavy atom. The first-order valence-electron chi connectivity index (χ1n) is 6.63. The average Bonchev–Trinajstić information content (AvgIpc) is 2.46. The fourth-order valence-corrected chi connectivity index (χ4v) is 2.35. The minimum absolute atomic E-state index is 0.201. The van der Waals surface area contributed by atoms with Gasteiger partial charge in [-0.1, -0.05) is 41.5 Å². The van der Waals surface area contributed by atoms with Gasteiger partial charge in [-0.05, 0) is 26.0 Å². The lowest BCUT2D eigenvalue weighted by molar-refractivity contribution is 0.0699. The van der Waals surface area contributed by atoms with Gasteiger partial charge in [0.25, 0.3) is 0 Å². The molecule has 2 aromatic carbocycles. The molecule has 0 radical (unpaired) electrons. The highest BCUT2D eigenvalue weighted by Crippen LogP contribution is 2.27. The van der Waals surface area contributed by atoms with Gasteiger partial charge in [-0.2, -0.15) is 0 Å². The third-order valence-electron chi connectivity index (χ3n) is 3.45. The quantitative estimate of drug-likeness (QED) is 0.777. The Morgan fingerprint density at radius 3 is 2.29 bits per heavy atom. The number of carboxylic acids is 1. The van der Waals surface area contributed by atoms with Gasteiger partial charge in [0.1, 0.15) is 5.69 Å². The summed E-state index contributed by atoms with van der Waals surface area (Å²) in [6.45, 7) is 3.91. The predicted molar refractivity (Wildman–Crippen MR) is 81.4 cm³/mol. The maximum Gasteiger partial charge on any atom is 0.338 e. The molecule has 0 unspecified atom stereocenters. The molecule has 0 atom stereocenters. The third kappa shape index (κ3) is 2.36. The molecule has 0 aliphatic heterocycles. The van der Waals surface area contributed by atoms with E-state index in [0.29, 0.717) is 16.6 Å². The number of fused-ring (bicyclic) bond motifs is 1. The highest BCUT2D eigenvalue weighted by atomic mass is 16.4. The van der Waals surface area contributed by atoms with Gasteiger partial charge >= 0.3 is 5.97 Å². The van der Waals surface area contributed by atoms with Crippen LogP contribution < -0.4 is 0 Å². The fourth-order valence-electron chi connectivity index (χ4n) is 2.35. The Balaban J connectivity index is 2.34. The van der Waals surface area contributed by atoms with Crippen molar-refractivity contribution < 1.29 is 9.90 Å². The van der Waals surface area contributed by atoms with Crippen molar-refractivity contribution in [1.29, 1.82) is 0 Å². The standard InChI is InChI=1S/C17H14N2O2/c1-10-3-6-12(7-4-10)16-15(17(20)21)13-9-11(2)5-8-14(13)18-19-16/h3-9H,1-2H3,(H,20,21). The Bertz CT molecular complexity index is 839. The maximum absolute atomic E-state index is 11.7. The summed E-state index contributed by atoms with van der Waals surface area (Å²) < 4.78 is 0. The molecule has 21 heavy (non-hydrogen) atoms. The molecule has 0 saturated carbocycles. The van der Waals surface area contributed by atoms with E-state index in [9.17, 15) is 9.90 Å². The van der Waals surface area contributed by atoms with Gasteiger partial charge in [0, 0.05) is 10.9 Å². The van der Waals surface area contributed by atoms with Gasteiger partial charge < -0.3 is 5.11 Å². The number of nitrogens with zero attached hydrogens (tertiary/aromatic N) is 2. The van der Waals surface area contributed by atoms with Crippen LogP contribution in [0, 0.1) is 13.8 Å². The Morgan fingerprint density at radius 2 is 1.62 bits per heavy atom. The molecule has 3 rings (SSSR count). The van der Waals surface area contributed by atoms with Gasteiger partial charge in [-0.15, -0.1) is 10.2 Å². The molecule has 0 bridgehead atoms. The average molecular weight is 278 g/mol. The minimum atomic E-state index is -0.990. The molecule has 104 valence electrons. The van der Waals surface area contributed by atoms with E-state index in [2.05, 4.69) is 10.2 Å². The molecule has 1 heterocycles. The van der Waals surface area contributed by atoms with E-state index in [-0.39, 0.29) is 5.56 Å². The van der Waals surface area contributed by atoms with Crippen molar-refractivity contribution in [2.45, 2.75) is 13.8 Å². The number of benzene rings is 2. The van der Waals surface area contributed by atoms with Crippen LogP contribution in [0.1, 0.15) is 21.5 Å². The molecule has 0 aliphatic carbocycles. The first kappa shape index (κ1) is 13.2. The van der Waals surface area contributed by atoms with Crippen LogP contribution in [0.25, 0.3) is 22.2 Å². The largest absolute Gasteiger partial charge is 0.478 e. The maximum atomic E-state index is 11.7. The van der Waals surface area contributed by atoms with E-state index in [1.807, 2.05) is 50.2 Å². The molecule has 0 saturated heterocycles. The van der Waals surface area contributed by atoms with Crippen LogP contribution in [0.3, 0.4) is 0 Å². The van der Waals surface area contributed by atoms with Gasteiger partial charge in [0.2, 0.25) is 0 Å². The number of carboxylic acid groups (broad SMARTS) is 1. The molecule has 4 heteroatoms. The van der Waals surface area contributed by atoms with E-state index in [4.69, 9.17) is 0 Å². The summed E-state index contributed by atoms with van der Waals surface area (Å²) in [5.74, 6) is -0.990. The van der Waals surface area contributed by atoms with Gasteiger partial charge in [0.15, 0.2) is 0 Å². The number of hydrogen-bond acceptors (Lipinski definition) is 3. The zero-order valence-electron chi connectivity index (χ0n) is 11.8. The predicted octanol–water partition coefficient (Wildman–Crippen LogP) is 3.61. The second-order valence-electron chi connectivity index (χ2n) is 5.12. The van der Waals surface area contributed by atoms with Crippen molar-refractivity contribution in [1.82, 2.24) is 10.2 Å². The summed E-state index contributed by atoms with van der Waals surface area (Å²) in [6.07, 6.45) is 0. The summed E-state index contributed by atoms with van der Waals surface area (Å²) in [7, 11) is 0. The molecular weight excluding hydrogens is 264 g/mol. The van der Waals surface area contributed by atoms with E-state index >= 15 is 0 Å². The number of aromatic carboxylic acids is 1. The highest BCUT2D eigenvalue weighted by molar-refractivity contribution is 6.07. The van der Waals surface area contributed by atoms with Crippen molar-refractivity contribution >= 4 is 16.9 Å². The molecule has 3 aromatic rings. The molecule has 0 aliphatic rings. The zero-order valence-corrected chi connectivity index (χ0v) is 11.8. The van der Waals surface area contributed by atoms with Crippen LogP contribution in [0.5, 0.6) is 0 Å². The number of aryl methyl sites for hydroxylation is 2. The van der Waals surface area contributed by atoms with E-state index in [0.717, 1.165) is 16.7 Å². The number of rotatable bonds is 2. The van der Waals surface area contributed by atoms with Crippen LogP contribution >= 0.6 is 0 Å². The number of hydrogen-bond donors (Lipinski definition) is 1. The van der Waals surface area contributed by atoms with Crippen LogP contribution in [-0.4, -0.2) is 21.3 Å². The Labute approximate surface area is 122 Å².